The first kappa shape index (κ1) is 12.8. The van der Waals surface area contributed by atoms with Gasteiger partial charge in [0, 0.05) is 22.3 Å². The average molecular weight is 265 g/mol. The summed E-state index contributed by atoms with van der Waals surface area (Å²) in [7, 11) is 0. The Bertz CT molecular complexity index is 704. The largest absolute Gasteiger partial charge is 0.330 e. The first-order valence-corrected chi connectivity index (χ1v) is 6.74. The summed E-state index contributed by atoms with van der Waals surface area (Å²) in [5.74, 6) is -0.134. The van der Waals surface area contributed by atoms with Gasteiger partial charge in [0.15, 0.2) is 11.6 Å². The Kier molecular flexibility index (Phi) is 3.20. The number of carbonyl (C=O) groups is 2. The van der Waals surface area contributed by atoms with Gasteiger partial charge in [0.05, 0.1) is 0 Å². The zero-order valence-corrected chi connectivity index (χ0v) is 11.1. The van der Waals surface area contributed by atoms with Crippen molar-refractivity contribution in [2.24, 2.45) is 5.73 Å². The van der Waals surface area contributed by atoms with Gasteiger partial charge in [0.1, 0.15) is 0 Å². The maximum absolute atomic E-state index is 12.5. The second-order valence-corrected chi connectivity index (χ2v) is 4.98. The molecule has 0 unspecified atom stereocenters. The highest BCUT2D eigenvalue weighted by Gasteiger charge is 2.29. The van der Waals surface area contributed by atoms with Gasteiger partial charge in [-0.25, -0.2) is 0 Å². The normalized spacial score (nSPS) is 13.1. The highest BCUT2D eigenvalue weighted by molar-refractivity contribution is 6.28. The molecule has 3 rings (SSSR count). The summed E-state index contributed by atoms with van der Waals surface area (Å²) in [5.41, 5.74) is 8.58. The Labute approximate surface area is 117 Å². The summed E-state index contributed by atoms with van der Waals surface area (Å²) in [4.78, 5) is 24.9. The quantitative estimate of drug-likeness (QED) is 0.790. The van der Waals surface area contributed by atoms with E-state index in [4.69, 9.17) is 5.73 Å². The van der Waals surface area contributed by atoms with Crippen molar-refractivity contribution < 1.29 is 9.59 Å². The van der Waals surface area contributed by atoms with Crippen LogP contribution >= 0.6 is 0 Å². The van der Waals surface area contributed by atoms with Crippen LogP contribution in [0.1, 0.15) is 43.8 Å². The molecule has 0 radical (unpaired) electrons. The molecule has 3 nitrogen and oxygen atoms in total. The van der Waals surface area contributed by atoms with E-state index in [1.54, 1.807) is 30.3 Å². The molecule has 0 saturated heterocycles. The average Bonchev–Trinajstić information content (AvgIpc) is 2.50. The number of aryl methyl sites for hydroxylation is 1. The van der Waals surface area contributed by atoms with Gasteiger partial charge in [-0.2, -0.15) is 0 Å². The van der Waals surface area contributed by atoms with E-state index in [-0.39, 0.29) is 11.6 Å². The number of fused-ring (bicyclic) bond motifs is 2. The fourth-order valence-corrected chi connectivity index (χ4v) is 2.61. The van der Waals surface area contributed by atoms with Gasteiger partial charge >= 0.3 is 0 Å². The smallest absolute Gasteiger partial charge is 0.194 e. The molecule has 20 heavy (non-hydrogen) atoms. The molecule has 0 spiro atoms. The lowest BCUT2D eigenvalue weighted by Crippen LogP contribution is -2.21. The monoisotopic (exact) mass is 265 g/mol. The fraction of sp³-hybridized carbons (Fsp3) is 0.176. The second kappa shape index (κ2) is 5.02. The van der Waals surface area contributed by atoms with Gasteiger partial charge in [-0.15, -0.1) is 0 Å². The van der Waals surface area contributed by atoms with Gasteiger partial charge < -0.3 is 5.73 Å². The number of benzene rings is 2. The van der Waals surface area contributed by atoms with Crippen molar-refractivity contribution in [1.29, 1.82) is 0 Å². The van der Waals surface area contributed by atoms with Crippen molar-refractivity contribution in [2.45, 2.75) is 12.8 Å². The highest BCUT2D eigenvalue weighted by Crippen LogP contribution is 2.28. The predicted octanol–water partition coefficient (Wildman–Crippen LogP) is 2.35. The first-order valence-electron chi connectivity index (χ1n) is 6.74. The lowest BCUT2D eigenvalue weighted by molar-refractivity contribution is 0.0979. The van der Waals surface area contributed by atoms with Crippen LogP contribution in [0.3, 0.4) is 0 Å². The summed E-state index contributed by atoms with van der Waals surface area (Å²) in [5, 5.41) is 0. The van der Waals surface area contributed by atoms with Crippen LogP contribution in [0.2, 0.25) is 0 Å². The molecular weight excluding hydrogens is 250 g/mol. The van der Waals surface area contributed by atoms with Crippen LogP contribution in [-0.2, 0) is 6.42 Å². The van der Waals surface area contributed by atoms with E-state index in [0.29, 0.717) is 28.8 Å². The topological polar surface area (TPSA) is 60.2 Å². The van der Waals surface area contributed by atoms with Crippen LogP contribution in [0.15, 0.2) is 42.5 Å². The van der Waals surface area contributed by atoms with Crippen LogP contribution in [0, 0.1) is 0 Å². The number of hydrogen-bond donors (Lipinski definition) is 1. The number of nitrogens with two attached hydrogens (primary N) is 1. The standard InChI is InChI=1S/C17H15NO2/c18-9-3-4-11-7-8-14-15(10-11)17(20)13-6-2-1-5-12(13)16(14)19/h1-2,5-8,10H,3-4,9,18H2. The maximum Gasteiger partial charge on any atom is 0.194 e. The molecule has 0 fully saturated rings. The molecule has 0 amide bonds. The third kappa shape index (κ3) is 1.96. The van der Waals surface area contributed by atoms with E-state index in [1.807, 2.05) is 12.1 Å². The van der Waals surface area contributed by atoms with E-state index in [9.17, 15) is 9.59 Å². The minimum atomic E-state index is -0.0689. The molecule has 1 aliphatic carbocycles. The number of hydrogen-bond acceptors (Lipinski definition) is 3. The van der Waals surface area contributed by atoms with Crippen molar-refractivity contribution >= 4 is 11.6 Å². The van der Waals surface area contributed by atoms with E-state index in [0.717, 1.165) is 18.4 Å². The molecular formula is C17H15NO2. The van der Waals surface area contributed by atoms with E-state index < -0.39 is 0 Å². The minimum absolute atomic E-state index is 0.0650. The minimum Gasteiger partial charge on any atom is -0.330 e. The van der Waals surface area contributed by atoms with Crippen LogP contribution in [-0.4, -0.2) is 18.1 Å². The number of rotatable bonds is 3. The summed E-state index contributed by atoms with van der Waals surface area (Å²) in [6.45, 7) is 0.618. The van der Waals surface area contributed by atoms with Crippen molar-refractivity contribution in [3.8, 4) is 0 Å². The first-order chi connectivity index (χ1) is 9.72. The molecule has 0 saturated carbocycles. The van der Waals surface area contributed by atoms with Gasteiger partial charge in [0.25, 0.3) is 0 Å². The Morgan fingerprint density at radius 1 is 0.800 bits per heavy atom. The van der Waals surface area contributed by atoms with Crippen molar-refractivity contribution in [3.63, 3.8) is 0 Å². The van der Waals surface area contributed by atoms with Crippen LogP contribution < -0.4 is 5.73 Å². The summed E-state index contributed by atoms with van der Waals surface area (Å²) >= 11 is 0. The molecule has 0 bridgehead atoms. The number of ketones is 2. The zero-order chi connectivity index (χ0) is 14.1. The maximum atomic E-state index is 12.5. The Balaban J connectivity index is 2.09. The SMILES string of the molecule is NCCCc1ccc2c(c1)C(=O)c1ccccc1C2=O. The molecule has 2 aromatic rings. The molecule has 2 aromatic carbocycles. The van der Waals surface area contributed by atoms with E-state index >= 15 is 0 Å². The number of carbonyl (C=O) groups excluding carboxylic acids is 2. The van der Waals surface area contributed by atoms with Gasteiger partial charge in [-0.05, 0) is 31.0 Å². The highest BCUT2D eigenvalue weighted by atomic mass is 16.1. The lowest BCUT2D eigenvalue weighted by Gasteiger charge is -2.18. The van der Waals surface area contributed by atoms with E-state index in [2.05, 4.69) is 0 Å². The van der Waals surface area contributed by atoms with E-state index in [1.165, 1.54) is 0 Å². The van der Waals surface area contributed by atoms with Crippen molar-refractivity contribution in [1.82, 2.24) is 0 Å². The Morgan fingerprint density at radius 2 is 1.40 bits per heavy atom. The van der Waals surface area contributed by atoms with Gasteiger partial charge in [-0.1, -0.05) is 36.4 Å². The van der Waals surface area contributed by atoms with Crippen LogP contribution in [0.4, 0.5) is 0 Å². The molecule has 100 valence electrons. The van der Waals surface area contributed by atoms with Gasteiger partial charge in [0.2, 0.25) is 0 Å². The zero-order valence-electron chi connectivity index (χ0n) is 11.1. The Hall–Kier alpha value is -2.26. The summed E-state index contributed by atoms with van der Waals surface area (Å²) in [6.07, 6.45) is 1.70. The third-order valence-electron chi connectivity index (χ3n) is 3.66. The van der Waals surface area contributed by atoms with Crippen LogP contribution in [0.25, 0.3) is 0 Å². The fourth-order valence-electron chi connectivity index (χ4n) is 2.61. The predicted molar refractivity (Wildman–Crippen MR) is 77.1 cm³/mol. The third-order valence-corrected chi connectivity index (χ3v) is 3.66. The molecule has 2 N–H and O–H groups in total. The molecule has 0 heterocycles. The molecule has 0 aliphatic heterocycles. The second-order valence-electron chi connectivity index (χ2n) is 4.98. The summed E-state index contributed by atoms with van der Waals surface area (Å²) in [6, 6.07) is 12.5. The van der Waals surface area contributed by atoms with Crippen molar-refractivity contribution in [3.05, 3.63) is 70.3 Å². The molecule has 3 heteroatoms. The summed E-state index contributed by atoms with van der Waals surface area (Å²) < 4.78 is 0. The molecule has 1 aliphatic rings. The lowest BCUT2D eigenvalue weighted by atomic mass is 9.83. The van der Waals surface area contributed by atoms with Crippen LogP contribution in [0.5, 0.6) is 0 Å². The molecule has 0 aromatic heterocycles. The Morgan fingerprint density at radius 3 is 2.05 bits per heavy atom. The van der Waals surface area contributed by atoms with Crippen molar-refractivity contribution in [2.75, 3.05) is 6.54 Å². The molecule has 0 atom stereocenters. The van der Waals surface area contributed by atoms with Gasteiger partial charge in [-0.3, -0.25) is 9.59 Å².